The van der Waals surface area contributed by atoms with Crippen LogP contribution < -0.4 is 10.6 Å². The van der Waals surface area contributed by atoms with Crippen molar-refractivity contribution in [3.8, 4) is 0 Å². The minimum Gasteiger partial charge on any atom is -0.354 e. The van der Waals surface area contributed by atoms with Gasteiger partial charge in [-0.1, -0.05) is 41.9 Å². The smallest absolute Gasteiger partial charge is 0.269 e. The van der Waals surface area contributed by atoms with Gasteiger partial charge in [-0.05, 0) is 42.3 Å². The lowest BCUT2D eigenvalue weighted by Gasteiger charge is -2.33. The van der Waals surface area contributed by atoms with Crippen molar-refractivity contribution in [3.63, 3.8) is 0 Å². The zero-order valence-corrected chi connectivity index (χ0v) is 23.1. The van der Waals surface area contributed by atoms with Crippen LogP contribution in [0.3, 0.4) is 0 Å². The van der Waals surface area contributed by atoms with E-state index < -0.39 is 18.2 Å². The van der Waals surface area contributed by atoms with Gasteiger partial charge in [-0.3, -0.25) is 24.1 Å². The minimum absolute atomic E-state index is 0.138. The summed E-state index contributed by atoms with van der Waals surface area (Å²) in [5.41, 5.74) is 2.61. The van der Waals surface area contributed by atoms with E-state index >= 15 is 0 Å². The molecule has 0 radical (unpaired) electrons. The maximum Gasteiger partial charge on any atom is 0.269 e. The molecule has 0 aliphatic carbocycles. The number of pyridine rings is 1. The number of nitrogens with zero attached hydrogens (tertiary/aromatic N) is 2. The predicted octanol–water partition coefficient (Wildman–Crippen LogP) is 3.23. The van der Waals surface area contributed by atoms with Crippen LogP contribution >= 0.6 is 11.6 Å². The monoisotopic (exact) mass is 576 g/mol. The number of halogens is 1. The second kappa shape index (κ2) is 12.6. The first-order chi connectivity index (χ1) is 19.9. The molecule has 11 heteroatoms. The molecule has 0 atom stereocenters. The van der Waals surface area contributed by atoms with Gasteiger partial charge in [0.15, 0.2) is 6.29 Å². The number of rotatable bonds is 9. The summed E-state index contributed by atoms with van der Waals surface area (Å²) < 4.78 is 11.6. The lowest BCUT2D eigenvalue weighted by atomic mass is 10.1. The standard InChI is InChI=1S/C30H29ClN4O6/c1-32-28(37)25-15-19(14-20(34-25)13-18-7-2-5-10-24(18)31)27(36)33-12-6-11-26-40-16-21(17-41-26)35-29(38)22-8-3-4-9-23(22)30(35)39/h2-5,7-10,14-15,21,26H,6,11-13,16-17H2,1H3,(H,32,37)(H,33,36). The summed E-state index contributed by atoms with van der Waals surface area (Å²) in [4.78, 5) is 56.3. The van der Waals surface area contributed by atoms with Crippen molar-refractivity contribution in [2.75, 3.05) is 26.8 Å². The second-order valence-corrected chi connectivity index (χ2v) is 10.2. The Morgan fingerprint density at radius 3 is 2.29 bits per heavy atom. The van der Waals surface area contributed by atoms with Crippen LogP contribution in [0.5, 0.6) is 0 Å². The lowest BCUT2D eigenvalue weighted by Crippen LogP contribution is -2.49. The molecule has 3 aromatic rings. The largest absolute Gasteiger partial charge is 0.354 e. The molecule has 4 amide bonds. The molecule has 1 aromatic heterocycles. The molecule has 3 heterocycles. The average Bonchev–Trinajstić information content (AvgIpc) is 3.25. The van der Waals surface area contributed by atoms with E-state index in [4.69, 9.17) is 21.1 Å². The normalized spacial score (nSPS) is 18.2. The van der Waals surface area contributed by atoms with Crippen LogP contribution in [-0.2, 0) is 15.9 Å². The van der Waals surface area contributed by atoms with Crippen LogP contribution in [0.2, 0.25) is 5.02 Å². The molecule has 2 N–H and O–H groups in total. The number of benzene rings is 2. The van der Waals surface area contributed by atoms with Crippen LogP contribution in [0.15, 0.2) is 60.7 Å². The summed E-state index contributed by atoms with van der Waals surface area (Å²) in [6.07, 6.45) is 0.921. The Labute approximate surface area is 242 Å². The highest BCUT2D eigenvalue weighted by Crippen LogP contribution is 2.27. The summed E-state index contributed by atoms with van der Waals surface area (Å²) in [5.74, 6) is -1.41. The Kier molecular flexibility index (Phi) is 8.72. The predicted molar refractivity (Wildman–Crippen MR) is 150 cm³/mol. The topological polar surface area (TPSA) is 127 Å². The van der Waals surface area contributed by atoms with Crippen molar-refractivity contribution in [1.29, 1.82) is 0 Å². The third kappa shape index (κ3) is 6.30. The van der Waals surface area contributed by atoms with Gasteiger partial charge in [0, 0.05) is 42.7 Å². The molecule has 212 valence electrons. The SMILES string of the molecule is CNC(=O)c1cc(C(=O)NCCCC2OCC(N3C(=O)c4ccccc4C3=O)CO2)cc(Cc2ccccc2Cl)n1. The molecule has 2 aromatic carbocycles. The number of ether oxygens (including phenoxy) is 2. The Morgan fingerprint density at radius 2 is 1.63 bits per heavy atom. The van der Waals surface area contributed by atoms with Crippen LogP contribution in [0.4, 0.5) is 0 Å². The van der Waals surface area contributed by atoms with Crippen LogP contribution in [0.25, 0.3) is 0 Å². The maximum atomic E-state index is 12.9. The van der Waals surface area contributed by atoms with E-state index in [-0.39, 0.29) is 36.6 Å². The third-order valence-electron chi connectivity index (χ3n) is 6.97. The van der Waals surface area contributed by atoms with Gasteiger partial charge in [0.1, 0.15) is 5.69 Å². The number of hydrogen-bond acceptors (Lipinski definition) is 7. The maximum absolute atomic E-state index is 12.9. The second-order valence-electron chi connectivity index (χ2n) is 9.75. The fourth-order valence-corrected chi connectivity index (χ4v) is 5.05. The minimum atomic E-state index is -0.513. The van der Waals surface area contributed by atoms with Crippen LogP contribution in [0, 0.1) is 0 Å². The summed E-state index contributed by atoms with van der Waals surface area (Å²) >= 11 is 6.29. The van der Waals surface area contributed by atoms with Gasteiger partial charge in [-0.2, -0.15) is 0 Å². The highest BCUT2D eigenvalue weighted by Gasteiger charge is 2.41. The summed E-state index contributed by atoms with van der Waals surface area (Å²) in [6, 6.07) is 16.7. The van der Waals surface area contributed by atoms with E-state index in [2.05, 4.69) is 15.6 Å². The molecular formula is C30H29ClN4O6. The van der Waals surface area contributed by atoms with Gasteiger partial charge in [0.2, 0.25) is 0 Å². The van der Waals surface area contributed by atoms with Crippen molar-refractivity contribution in [2.24, 2.45) is 0 Å². The Balaban J connectivity index is 1.12. The molecule has 41 heavy (non-hydrogen) atoms. The van der Waals surface area contributed by atoms with Gasteiger partial charge in [-0.25, -0.2) is 4.98 Å². The molecule has 0 spiro atoms. The molecular weight excluding hydrogens is 548 g/mol. The number of nitrogens with one attached hydrogen (secondary N) is 2. The fraction of sp³-hybridized carbons (Fsp3) is 0.300. The Hall–Kier alpha value is -4.12. The molecule has 0 bridgehead atoms. The lowest BCUT2D eigenvalue weighted by molar-refractivity contribution is -0.199. The number of imide groups is 1. The van der Waals surface area contributed by atoms with Crippen molar-refractivity contribution in [1.82, 2.24) is 20.5 Å². The van der Waals surface area contributed by atoms with Crippen LogP contribution in [0.1, 0.15) is 65.7 Å². The van der Waals surface area contributed by atoms with E-state index in [0.717, 1.165) is 5.56 Å². The molecule has 1 fully saturated rings. The molecule has 2 aliphatic heterocycles. The molecule has 1 saturated heterocycles. The van der Waals surface area contributed by atoms with Gasteiger partial charge in [0.25, 0.3) is 23.6 Å². The van der Waals surface area contributed by atoms with Crippen molar-refractivity contribution in [3.05, 3.63) is 99.3 Å². The van der Waals surface area contributed by atoms with Gasteiger partial charge < -0.3 is 20.1 Å². The van der Waals surface area contributed by atoms with Crippen molar-refractivity contribution < 1.29 is 28.7 Å². The number of amides is 4. The number of carbonyl (C=O) groups is 4. The van der Waals surface area contributed by atoms with E-state index in [0.29, 0.717) is 53.2 Å². The third-order valence-corrected chi connectivity index (χ3v) is 7.34. The zero-order chi connectivity index (χ0) is 28.9. The Morgan fingerprint density at radius 1 is 0.976 bits per heavy atom. The number of carbonyl (C=O) groups excluding carboxylic acids is 4. The number of hydrogen-bond donors (Lipinski definition) is 2. The first kappa shape index (κ1) is 28.4. The quantitative estimate of drug-likeness (QED) is 0.296. The molecule has 0 saturated carbocycles. The highest BCUT2D eigenvalue weighted by molar-refractivity contribution is 6.31. The van der Waals surface area contributed by atoms with Gasteiger partial charge >= 0.3 is 0 Å². The van der Waals surface area contributed by atoms with Gasteiger partial charge in [-0.15, -0.1) is 0 Å². The van der Waals surface area contributed by atoms with Gasteiger partial charge in [0.05, 0.1) is 30.4 Å². The van der Waals surface area contributed by atoms with E-state index in [9.17, 15) is 19.2 Å². The van der Waals surface area contributed by atoms with Crippen molar-refractivity contribution in [2.45, 2.75) is 31.6 Å². The summed E-state index contributed by atoms with van der Waals surface area (Å²) in [6.45, 7) is 0.702. The molecule has 0 unspecified atom stereocenters. The summed E-state index contributed by atoms with van der Waals surface area (Å²) in [5, 5.41) is 5.99. The highest BCUT2D eigenvalue weighted by atomic mass is 35.5. The first-order valence-corrected chi connectivity index (χ1v) is 13.7. The zero-order valence-electron chi connectivity index (χ0n) is 22.4. The van der Waals surface area contributed by atoms with E-state index in [1.165, 1.54) is 18.0 Å². The first-order valence-electron chi connectivity index (χ1n) is 13.3. The summed E-state index contributed by atoms with van der Waals surface area (Å²) in [7, 11) is 1.50. The number of aromatic nitrogens is 1. The molecule has 2 aliphatic rings. The fourth-order valence-electron chi connectivity index (χ4n) is 4.85. The number of fused-ring (bicyclic) bond motifs is 1. The molecule has 5 rings (SSSR count). The van der Waals surface area contributed by atoms with Crippen LogP contribution in [-0.4, -0.2) is 72.7 Å². The van der Waals surface area contributed by atoms with E-state index in [1.54, 1.807) is 36.4 Å². The van der Waals surface area contributed by atoms with Crippen molar-refractivity contribution >= 4 is 35.2 Å². The Bertz CT molecular complexity index is 1450. The average molecular weight is 577 g/mol. The van der Waals surface area contributed by atoms with E-state index in [1.807, 2.05) is 18.2 Å². The molecule has 10 nitrogen and oxygen atoms in total.